The minimum Gasteiger partial charge on any atom is -0.412 e. The predicted octanol–water partition coefficient (Wildman–Crippen LogP) is -0.928. The fourth-order valence-corrected chi connectivity index (χ4v) is 0.167. The van der Waals surface area contributed by atoms with Crippen LogP contribution in [0.2, 0.25) is 0 Å². The average molecular weight is 138 g/mol. The molecule has 2 N–H and O–H groups in total. The minimum atomic E-state index is 0. The average Bonchev–Trinajstić information content (AvgIpc) is 1.12. The molecule has 5 heteroatoms. The molecular weight excluding hydrogens is 128 g/mol. The lowest BCUT2D eigenvalue weighted by Crippen LogP contribution is -2.14. The number of hydrogen-bond donors (Lipinski definition) is 0. The molecule has 9 heavy (non-hydrogen) atoms. The van der Waals surface area contributed by atoms with E-state index in [0.29, 0.717) is 0 Å². The molecule has 2 heterocycles. The SMILES string of the molecule is C1COO1.C1COO1.O. The van der Waals surface area contributed by atoms with E-state index in [1.807, 2.05) is 0 Å². The van der Waals surface area contributed by atoms with Gasteiger partial charge in [0.25, 0.3) is 0 Å². The van der Waals surface area contributed by atoms with E-state index in [1.54, 1.807) is 0 Å². The maximum atomic E-state index is 4.22. The van der Waals surface area contributed by atoms with Gasteiger partial charge in [-0.15, -0.1) is 0 Å². The second-order valence-electron chi connectivity index (χ2n) is 1.29. The second kappa shape index (κ2) is 5.93. The van der Waals surface area contributed by atoms with Crippen molar-refractivity contribution in [2.75, 3.05) is 26.4 Å². The van der Waals surface area contributed by atoms with Crippen LogP contribution in [0.5, 0.6) is 0 Å². The highest BCUT2D eigenvalue weighted by Crippen LogP contribution is 1.87. The van der Waals surface area contributed by atoms with Crippen molar-refractivity contribution in [1.82, 2.24) is 0 Å². The highest BCUT2D eigenvalue weighted by atomic mass is 17.2. The molecule has 2 rings (SSSR count). The quantitative estimate of drug-likeness (QED) is 0.405. The first-order chi connectivity index (χ1) is 4.00. The summed E-state index contributed by atoms with van der Waals surface area (Å²) in [6.07, 6.45) is 0. The molecule has 0 bridgehead atoms. The van der Waals surface area contributed by atoms with Gasteiger partial charge >= 0.3 is 0 Å². The van der Waals surface area contributed by atoms with Gasteiger partial charge in [-0.1, -0.05) is 0 Å². The van der Waals surface area contributed by atoms with Crippen molar-refractivity contribution in [3.05, 3.63) is 0 Å². The number of hydrogen-bond acceptors (Lipinski definition) is 4. The Morgan fingerprint density at radius 1 is 0.556 bits per heavy atom. The fourth-order valence-electron chi connectivity index (χ4n) is 0.167. The van der Waals surface area contributed by atoms with Crippen LogP contribution in [-0.2, 0) is 19.6 Å². The molecule has 5 nitrogen and oxygen atoms in total. The molecule has 0 radical (unpaired) electrons. The summed E-state index contributed by atoms with van der Waals surface area (Å²) in [7, 11) is 0. The molecule has 2 aliphatic heterocycles. The molecule has 2 aliphatic rings. The normalized spacial score (nSPS) is 21.3. The molecule has 0 aliphatic carbocycles. The summed E-state index contributed by atoms with van der Waals surface area (Å²) in [4.78, 5) is 16.9. The van der Waals surface area contributed by atoms with E-state index in [4.69, 9.17) is 0 Å². The Morgan fingerprint density at radius 2 is 0.667 bits per heavy atom. The van der Waals surface area contributed by atoms with Gasteiger partial charge in [-0.2, -0.15) is 0 Å². The Kier molecular flexibility index (Phi) is 5.80. The van der Waals surface area contributed by atoms with Gasteiger partial charge in [-0.25, -0.2) is 19.6 Å². The third-order valence-electron chi connectivity index (χ3n) is 0.667. The third kappa shape index (κ3) is 4.31. The van der Waals surface area contributed by atoms with Crippen LogP contribution < -0.4 is 0 Å². The molecule has 2 saturated heterocycles. The van der Waals surface area contributed by atoms with Gasteiger partial charge in [-0.05, 0) is 0 Å². The minimum absolute atomic E-state index is 0. The first kappa shape index (κ1) is 8.80. The van der Waals surface area contributed by atoms with E-state index >= 15 is 0 Å². The Morgan fingerprint density at radius 3 is 0.667 bits per heavy atom. The molecule has 56 valence electrons. The summed E-state index contributed by atoms with van der Waals surface area (Å²) in [5.74, 6) is 0. The molecule has 0 unspecified atom stereocenters. The van der Waals surface area contributed by atoms with Crippen LogP contribution in [0.15, 0.2) is 0 Å². The summed E-state index contributed by atoms with van der Waals surface area (Å²) in [6.45, 7) is 3.11. The number of rotatable bonds is 0. The Hall–Kier alpha value is -0.200. The van der Waals surface area contributed by atoms with Crippen molar-refractivity contribution in [2.24, 2.45) is 0 Å². The van der Waals surface area contributed by atoms with Crippen molar-refractivity contribution in [1.29, 1.82) is 0 Å². The maximum absolute atomic E-state index is 4.22. The largest absolute Gasteiger partial charge is 0.412 e. The van der Waals surface area contributed by atoms with Gasteiger partial charge in [0.2, 0.25) is 0 Å². The molecule has 0 aromatic rings. The molecule has 0 amide bonds. The molecule has 0 saturated carbocycles. The first-order valence-electron chi connectivity index (χ1n) is 2.49. The van der Waals surface area contributed by atoms with Crippen molar-refractivity contribution < 1.29 is 25.0 Å². The van der Waals surface area contributed by atoms with Gasteiger partial charge in [0, 0.05) is 0 Å². The van der Waals surface area contributed by atoms with Gasteiger partial charge in [0.15, 0.2) is 0 Å². The van der Waals surface area contributed by atoms with Crippen molar-refractivity contribution in [3.63, 3.8) is 0 Å². The van der Waals surface area contributed by atoms with Crippen LogP contribution in [0.1, 0.15) is 0 Å². The summed E-state index contributed by atoms with van der Waals surface area (Å²) >= 11 is 0. The Bertz CT molecular complexity index is 32.9. The topological polar surface area (TPSA) is 68.4 Å². The summed E-state index contributed by atoms with van der Waals surface area (Å²) in [6, 6.07) is 0. The van der Waals surface area contributed by atoms with E-state index in [9.17, 15) is 0 Å². The van der Waals surface area contributed by atoms with Crippen LogP contribution >= 0.6 is 0 Å². The fraction of sp³-hybridized carbons (Fsp3) is 1.00. The maximum Gasteiger partial charge on any atom is 0.109 e. The lowest BCUT2D eigenvalue weighted by atomic mass is 10.8. The van der Waals surface area contributed by atoms with E-state index in [-0.39, 0.29) is 5.48 Å². The Balaban J connectivity index is 0.000000128. The van der Waals surface area contributed by atoms with Crippen LogP contribution in [-0.4, -0.2) is 31.9 Å². The lowest BCUT2D eigenvalue weighted by molar-refractivity contribution is -0.382. The zero-order valence-electron chi connectivity index (χ0n) is 4.96. The highest BCUT2D eigenvalue weighted by molar-refractivity contribution is 4.23. The van der Waals surface area contributed by atoms with E-state index in [0.717, 1.165) is 26.4 Å². The molecule has 0 spiro atoms. The highest BCUT2D eigenvalue weighted by Gasteiger charge is 1.96. The summed E-state index contributed by atoms with van der Waals surface area (Å²) < 4.78 is 0. The van der Waals surface area contributed by atoms with Crippen molar-refractivity contribution in [2.45, 2.75) is 0 Å². The lowest BCUT2D eigenvalue weighted by Gasteiger charge is -2.08. The van der Waals surface area contributed by atoms with Gasteiger partial charge < -0.3 is 5.48 Å². The van der Waals surface area contributed by atoms with Crippen LogP contribution in [0.4, 0.5) is 0 Å². The molecule has 2 fully saturated rings. The summed E-state index contributed by atoms with van der Waals surface area (Å²) in [5.41, 5.74) is 0. The molecule has 0 aromatic heterocycles. The van der Waals surface area contributed by atoms with Gasteiger partial charge in [0.05, 0.1) is 0 Å². The van der Waals surface area contributed by atoms with Crippen LogP contribution in [0, 0.1) is 0 Å². The second-order valence-corrected chi connectivity index (χ2v) is 1.29. The van der Waals surface area contributed by atoms with E-state index in [1.165, 1.54) is 0 Å². The standard InChI is InChI=1S/2C2H4O2.H2O/c2*1-2-4-3-1;/h2*1-2H2;1H2. The first-order valence-corrected chi connectivity index (χ1v) is 2.49. The van der Waals surface area contributed by atoms with Gasteiger partial charge in [-0.3, -0.25) is 0 Å². The van der Waals surface area contributed by atoms with E-state index in [2.05, 4.69) is 19.6 Å². The van der Waals surface area contributed by atoms with Crippen LogP contribution in [0.3, 0.4) is 0 Å². The van der Waals surface area contributed by atoms with E-state index < -0.39 is 0 Å². The molecule has 0 atom stereocenters. The van der Waals surface area contributed by atoms with Crippen molar-refractivity contribution in [3.8, 4) is 0 Å². The zero-order valence-corrected chi connectivity index (χ0v) is 4.96. The van der Waals surface area contributed by atoms with Gasteiger partial charge in [0.1, 0.15) is 26.4 Å². The van der Waals surface area contributed by atoms with Crippen LogP contribution in [0.25, 0.3) is 0 Å². The monoisotopic (exact) mass is 138 g/mol. The smallest absolute Gasteiger partial charge is 0.109 e. The third-order valence-corrected chi connectivity index (χ3v) is 0.667. The zero-order chi connectivity index (χ0) is 5.66. The predicted molar refractivity (Wildman–Crippen MR) is 27.4 cm³/mol. The molecular formula is C4H10O5. The Labute approximate surface area is 52.6 Å². The van der Waals surface area contributed by atoms with Crippen molar-refractivity contribution >= 4 is 0 Å². The summed E-state index contributed by atoms with van der Waals surface area (Å²) in [5, 5.41) is 0. The molecule has 0 aromatic carbocycles.